The zero-order valence-corrected chi connectivity index (χ0v) is 11.2. The quantitative estimate of drug-likeness (QED) is 0.907. The van der Waals surface area contributed by atoms with E-state index in [4.69, 9.17) is 9.47 Å². The third-order valence-electron chi connectivity index (χ3n) is 4.05. The number of benzene rings is 1. The molecule has 0 aromatic heterocycles. The van der Waals surface area contributed by atoms with E-state index in [0.29, 0.717) is 13.2 Å². The lowest BCUT2D eigenvalue weighted by Gasteiger charge is -2.23. The zero-order chi connectivity index (χ0) is 13.3. The van der Waals surface area contributed by atoms with Crippen molar-refractivity contribution in [2.75, 3.05) is 19.8 Å². The Morgan fingerprint density at radius 1 is 1.37 bits per heavy atom. The highest BCUT2D eigenvalue weighted by Crippen LogP contribution is 2.32. The first-order valence-electron chi connectivity index (χ1n) is 6.96. The molecule has 2 aliphatic rings. The zero-order valence-electron chi connectivity index (χ0n) is 11.2. The van der Waals surface area contributed by atoms with Crippen LogP contribution in [0.2, 0.25) is 0 Å². The molecule has 3 nitrogen and oxygen atoms in total. The Morgan fingerprint density at radius 3 is 2.95 bits per heavy atom. The SMILES string of the molecule is CC1(CCN[C@H]2CCc3ccc(F)cc32)OCCO1. The fourth-order valence-corrected chi connectivity index (χ4v) is 2.96. The van der Waals surface area contributed by atoms with Gasteiger partial charge in [-0.25, -0.2) is 4.39 Å². The van der Waals surface area contributed by atoms with Gasteiger partial charge in [-0.2, -0.15) is 0 Å². The molecule has 1 atom stereocenters. The van der Waals surface area contributed by atoms with Crippen molar-refractivity contribution in [2.24, 2.45) is 0 Å². The van der Waals surface area contributed by atoms with E-state index in [2.05, 4.69) is 5.32 Å². The second-order valence-electron chi connectivity index (χ2n) is 5.47. The minimum atomic E-state index is -0.448. The third-order valence-corrected chi connectivity index (χ3v) is 4.05. The van der Waals surface area contributed by atoms with Crippen molar-refractivity contribution >= 4 is 0 Å². The summed E-state index contributed by atoms with van der Waals surface area (Å²) in [5.74, 6) is -0.599. The van der Waals surface area contributed by atoms with Crippen molar-refractivity contribution in [3.8, 4) is 0 Å². The summed E-state index contributed by atoms with van der Waals surface area (Å²) in [5.41, 5.74) is 2.37. The summed E-state index contributed by atoms with van der Waals surface area (Å²) >= 11 is 0. The van der Waals surface area contributed by atoms with Gasteiger partial charge in [0, 0.05) is 19.0 Å². The van der Waals surface area contributed by atoms with E-state index in [1.807, 2.05) is 13.0 Å². The largest absolute Gasteiger partial charge is 0.348 e. The first-order chi connectivity index (χ1) is 9.16. The minimum absolute atomic E-state index is 0.151. The van der Waals surface area contributed by atoms with Crippen LogP contribution in [0, 0.1) is 5.82 Å². The van der Waals surface area contributed by atoms with Gasteiger partial charge in [-0.15, -0.1) is 0 Å². The molecule has 1 fully saturated rings. The van der Waals surface area contributed by atoms with Crippen LogP contribution in [0.25, 0.3) is 0 Å². The van der Waals surface area contributed by atoms with Gasteiger partial charge >= 0.3 is 0 Å². The van der Waals surface area contributed by atoms with Crippen LogP contribution < -0.4 is 5.32 Å². The Balaban J connectivity index is 1.56. The highest BCUT2D eigenvalue weighted by molar-refractivity contribution is 5.34. The summed E-state index contributed by atoms with van der Waals surface area (Å²) in [4.78, 5) is 0. The Morgan fingerprint density at radius 2 is 2.16 bits per heavy atom. The summed E-state index contributed by atoms with van der Waals surface area (Å²) in [5, 5.41) is 3.49. The number of ether oxygens (including phenoxy) is 2. The molecule has 1 aliphatic heterocycles. The summed E-state index contributed by atoms with van der Waals surface area (Å²) in [7, 11) is 0. The predicted octanol–water partition coefficient (Wildman–Crippen LogP) is 2.56. The van der Waals surface area contributed by atoms with E-state index in [1.165, 1.54) is 5.56 Å². The van der Waals surface area contributed by atoms with Crippen molar-refractivity contribution in [1.29, 1.82) is 0 Å². The molecule has 0 spiro atoms. The van der Waals surface area contributed by atoms with Gasteiger partial charge in [-0.3, -0.25) is 0 Å². The molecule has 1 heterocycles. The molecule has 0 amide bonds. The molecule has 0 bridgehead atoms. The number of hydrogen-bond donors (Lipinski definition) is 1. The highest BCUT2D eigenvalue weighted by atomic mass is 19.1. The molecule has 0 unspecified atom stereocenters. The Labute approximate surface area is 113 Å². The molecule has 1 aliphatic carbocycles. The predicted molar refractivity (Wildman–Crippen MR) is 70.4 cm³/mol. The second-order valence-corrected chi connectivity index (χ2v) is 5.47. The van der Waals surface area contributed by atoms with E-state index in [1.54, 1.807) is 12.1 Å². The maximum atomic E-state index is 13.3. The van der Waals surface area contributed by atoms with E-state index in [9.17, 15) is 4.39 Å². The van der Waals surface area contributed by atoms with Crippen LogP contribution in [0.3, 0.4) is 0 Å². The Kier molecular flexibility index (Phi) is 3.56. The minimum Gasteiger partial charge on any atom is -0.348 e. The summed E-state index contributed by atoms with van der Waals surface area (Å²) in [6, 6.07) is 5.36. The van der Waals surface area contributed by atoms with Crippen LogP contribution in [-0.2, 0) is 15.9 Å². The average molecular weight is 265 g/mol. The molecule has 1 saturated heterocycles. The van der Waals surface area contributed by atoms with Gasteiger partial charge in [-0.05, 0) is 43.0 Å². The molecule has 1 N–H and O–H groups in total. The topological polar surface area (TPSA) is 30.5 Å². The first-order valence-corrected chi connectivity index (χ1v) is 6.96. The van der Waals surface area contributed by atoms with E-state index in [0.717, 1.165) is 31.4 Å². The fourth-order valence-electron chi connectivity index (χ4n) is 2.96. The van der Waals surface area contributed by atoms with E-state index in [-0.39, 0.29) is 11.9 Å². The number of aryl methyl sites for hydroxylation is 1. The summed E-state index contributed by atoms with van der Waals surface area (Å²) in [6.45, 7) is 4.14. The van der Waals surface area contributed by atoms with Crippen molar-refractivity contribution in [3.05, 3.63) is 35.1 Å². The molecular formula is C15H20FNO2. The van der Waals surface area contributed by atoms with Crippen LogP contribution >= 0.6 is 0 Å². The number of halogens is 1. The van der Waals surface area contributed by atoms with Crippen LogP contribution in [0.15, 0.2) is 18.2 Å². The molecule has 0 saturated carbocycles. The van der Waals surface area contributed by atoms with Crippen molar-refractivity contribution in [2.45, 2.75) is 38.0 Å². The van der Waals surface area contributed by atoms with Crippen LogP contribution in [0.4, 0.5) is 4.39 Å². The smallest absolute Gasteiger partial charge is 0.166 e. The molecule has 3 rings (SSSR count). The van der Waals surface area contributed by atoms with Gasteiger partial charge in [0.2, 0.25) is 0 Å². The van der Waals surface area contributed by atoms with Crippen molar-refractivity contribution in [3.63, 3.8) is 0 Å². The molecular weight excluding hydrogens is 245 g/mol. The lowest BCUT2D eigenvalue weighted by atomic mass is 10.1. The monoisotopic (exact) mass is 265 g/mol. The second kappa shape index (κ2) is 5.19. The van der Waals surface area contributed by atoms with Gasteiger partial charge in [0.1, 0.15) is 5.82 Å². The van der Waals surface area contributed by atoms with Crippen LogP contribution in [0.1, 0.15) is 36.9 Å². The molecule has 0 radical (unpaired) electrons. The molecule has 104 valence electrons. The van der Waals surface area contributed by atoms with Crippen molar-refractivity contribution in [1.82, 2.24) is 5.32 Å². The standard InChI is InChI=1S/C15H20FNO2/c1-15(18-8-9-19-15)6-7-17-14-5-3-11-2-4-12(16)10-13(11)14/h2,4,10,14,17H,3,5-9H2,1H3/t14-/m0/s1. The van der Waals surface area contributed by atoms with E-state index >= 15 is 0 Å². The normalized spacial score (nSPS) is 24.6. The summed E-state index contributed by atoms with van der Waals surface area (Å²) < 4.78 is 24.4. The van der Waals surface area contributed by atoms with Gasteiger partial charge in [0.05, 0.1) is 13.2 Å². The number of hydrogen-bond acceptors (Lipinski definition) is 3. The lowest BCUT2D eigenvalue weighted by Crippen LogP contribution is -2.32. The molecule has 1 aromatic rings. The van der Waals surface area contributed by atoms with Gasteiger partial charge in [-0.1, -0.05) is 6.07 Å². The van der Waals surface area contributed by atoms with Crippen LogP contribution in [0.5, 0.6) is 0 Å². The maximum Gasteiger partial charge on any atom is 0.166 e. The fraction of sp³-hybridized carbons (Fsp3) is 0.600. The highest BCUT2D eigenvalue weighted by Gasteiger charge is 2.31. The average Bonchev–Trinajstić information content (AvgIpc) is 2.97. The number of nitrogens with one attached hydrogen (secondary N) is 1. The first kappa shape index (κ1) is 13.0. The molecule has 4 heteroatoms. The number of fused-ring (bicyclic) bond motifs is 1. The lowest BCUT2D eigenvalue weighted by molar-refractivity contribution is -0.145. The van der Waals surface area contributed by atoms with Gasteiger partial charge < -0.3 is 14.8 Å². The van der Waals surface area contributed by atoms with E-state index < -0.39 is 5.79 Å². The van der Waals surface area contributed by atoms with Crippen LogP contribution in [-0.4, -0.2) is 25.5 Å². The molecule has 1 aromatic carbocycles. The van der Waals surface area contributed by atoms with Gasteiger partial charge in [0.25, 0.3) is 0 Å². The summed E-state index contributed by atoms with van der Waals surface area (Å²) in [6.07, 6.45) is 2.88. The Bertz CT molecular complexity index is 457. The van der Waals surface area contributed by atoms with Gasteiger partial charge in [0.15, 0.2) is 5.79 Å². The maximum absolute atomic E-state index is 13.3. The molecule has 19 heavy (non-hydrogen) atoms. The van der Waals surface area contributed by atoms with Crippen molar-refractivity contribution < 1.29 is 13.9 Å². The Hall–Kier alpha value is -0.970. The number of rotatable bonds is 4. The third kappa shape index (κ3) is 2.81.